The van der Waals surface area contributed by atoms with Crippen molar-refractivity contribution >= 4 is 11.8 Å². The first-order valence-electron chi connectivity index (χ1n) is 5.91. The molecular weight excluding hydrogens is 216 g/mol. The van der Waals surface area contributed by atoms with E-state index < -0.39 is 0 Å². The van der Waals surface area contributed by atoms with Gasteiger partial charge in [0.15, 0.2) is 0 Å². The van der Waals surface area contributed by atoms with Crippen LogP contribution in [0.25, 0.3) is 0 Å². The summed E-state index contributed by atoms with van der Waals surface area (Å²) in [5, 5.41) is 0. The Morgan fingerprint density at radius 3 is 2.25 bits per heavy atom. The first-order chi connectivity index (χ1) is 7.72. The third kappa shape index (κ3) is 3.51. The van der Waals surface area contributed by atoms with Gasteiger partial charge in [0, 0.05) is 10.9 Å². The van der Waals surface area contributed by atoms with Gasteiger partial charge in [0.05, 0.1) is 0 Å². The summed E-state index contributed by atoms with van der Waals surface area (Å²) in [5.41, 5.74) is 13.1. The van der Waals surface area contributed by atoms with Crippen molar-refractivity contribution in [2.45, 2.75) is 31.2 Å². The Labute approximate surface area is 103 Å². The number of hydrogen-bond acceptors (Lipinski definition) is 3. The van der Waals surface area contributed by atoms with Crippen molar-refractivity contribution in [3.63, 3.8) is 0 Å². The second-order valence-corrected chi connectivity index (χ2v) is 5.27. The summed E-state index contributed by atoms with van der Waals surface area (Å²) in [5.74, 6) is 1.48. The average molecular weight is 238 g/mol. The van der Waals surface area contributed by atoms with Crippen LogP contribution in [0.15, 0.2) is 29.2 Å². The van der Waals surface area contributed by atoms with Gasteiger partial charge in [-0.25, -0.2) is 0 Å². The van der Waals surface area contributed by atoms with E-state index in [1.54, 1.807) is 0 Å². The highest BCUT2D eigenvalue weighted by Crippen LogP contribution is 2.24. The first-order valence-corrected chi connectivity index (χ1v) is 6.89. The summed E-state index contributed by atoms with van der Waals surface area (Å²) < 4.78 is 0. The molecule has 0 aliphatic heterocycles. The van der Waals surface area contributed by atoms with Crippen LogP contribution in [0.2, 0.25) is 0 Å². The van der Waals surface area contributed by atoms with E-state index >= 15 is 0 Å². The quantitative estimate of drug-likeness (QED) is 0.749. The van der Waals surface area contributed by atoms with E-state index in [2.05, 4.69) is 38.1 Å². The predicted molar refractivity (Wildman–Crippen MR) is 72.6 cm³/mol. The summed E-state index contributed by atoms with van der Waals surface area (Å²) in [6.45, 7) is 4.95. The van der Waals surface area contributed by atoms with Crippen LogP contribution >= 0.6 is 11.8 Å². The summed E-state index contributed by atoms with van der Waals surface area (Å²) in [4.78, 5) is 1.30. The molecule has 2 atom stereocenters. The Kier molecular flexibility index (Phi) is 5.88. The van der Waals surface area contributed by atoms with Gasteiger partial charge in [0.2, 0.25) is 0 Å². The molecule has 0 saturated carbocycles. The molecule has 0 spiro atoms. The van der Waals surface area contributed by atoms with E-state index in [-0.39, 0.29) is 6.04 Å². The monoisotopic (exact) mass is 238 g/mol. The van der Waals surface area contributed by atoms with Gasteiger partial charge in [-0.3, -0.25) is 0 Å². The second kappa shape index (κ2) is 6.94. The number of nitrogens with two attached hydrogens (primary N) is 2. The Morgan fingerprint density at radius 2 is 1.81 bits per heavy atom. The predicted octanol–water partition coefficient (Wildman–Crippen LogP) is 2.78. The summed E-state index contributed by atoms with van der Waals surface area (Å²) in [6, 6.07) is 8.61. The molecule has 0 aliphatic carbocycles. The van der Waals surface area contributed by atoms with Crippen LogP contribution in [0.4, 0.5) is 0 Å². The van der Waals surface area contributed by atoms with Crippen molar-refractivity contribution < 1.29 is 0 Å². The molecule has 2 unspecified atom stereocenters. The van der Waals surface area contributed by atoms with Gasteiger partial charge in [-0.2, -0.15) is 0 Å². The molecule has 0 heterocycles. The van der Waals surface area contributed by atoms with Gasteiger partial charge in [-0.1, -0.05) is 32.4 Å². The highest BCUT2D eigenvalue weighted by molar-refractivity contribution is 7.99. The van der Waals surface area contributed by atoms with Crippen LogP contribution < -0.4 is 11.5 Å². The van der Waals surface area contributed by atoms with Gasteiger partial charge >= 0.3 is 0 Å². The molecule has 90 valence electrons. The van der Waals surface area contributed by atoms with Crippen molar-refractivity contribution in [3.05, 3.63) is 29.8 Å². The fraction of sp³-hybridized carbons (Fsp3) is 0.538. The SMILES string of the molecule is CCSc1ccc(C(N)C(CC)CN)cc1. The van der Waals surface area contributed by atoms with Crippen molar-refractivity contribution in [2.75, 3.05) is 12.3 Å². The van der Waals surface area contributed by atoms with Gasteiger partial charge in [-0.15, -0.1) is 11.8 Å². The summed E-state index contributed by atoms with van der Waals surface area (Å²) in [7, 11) is 0. The normalized spacial score (nSPS) is 14.8. The fourth-order valence-electron chi connectivity index (χ4n) is 1.79. The zero-order valence-corrected chi connectivity index (χ0v) is 11.0. The largest absolute Gasteiger partial charge is 0.330 e. The van der Waals surface area contributed by atoms with Gasteiger partial charge in [-0.05, 0) is 35.9 Å². The minimum atomic E-state index is 0.0654. The van der Waals surface area contributed by atoms with Crippen LogP contribution in [-0.4, -0.2) is 12.3 Å². The molecule has 0 saturated heterocycles. The van der Waals surface area contributed by atoms with Crippen LogP contribution in [0.3, 0.4) is 0 Å². The number of benzene rings is 1. The Balaban J connectivity index is 2.72. The lowest BCUT2D eigenvalue weighted by molar-refractivity contribution is 0.428. The molecule has 0 amide bonds. The maximum absolute atomic E-state index is 6.20. The number of thioether (sulfide) groups is 1. The maximum Gasteiger partial charge on any atom is 0.0335 e. The molecule has 0 fully saturated rings. The van der Waals surface area contributed by atoms with Crippen molar-refractivity contribution in [1.82, 2.24) is 0 Å². The maximum atomic E-state index is 6.20. The molecule has 2 nitrogen and oxygen atoms in total. The van der Waals surface area contributed by atoms with Crippen molar-refractivity contribution in [2.24, 2.45) is 17.4 Å². The first kappa shape index (κ1) is 13.6. The fourth-order valence-corrected chi connectivity index (χ4v) is 2.45. The number of hydrogen-bond donors (Lipinski definition) is 2. The lowest BCUT2D eigenvalue weighted by atomic mass is 9.92. The Bertz CT molecular complexity index is 293. The third-order valence-electron chi connectivity index (χ3n) is 2.91. The molecule has 0 radical (unpaired) electrons. The van der Waals surface area contributed by atoms with E-state index in [4.69, 9.17) is 11.5 Å². The summed E-state index contributed by atoms with van der Waals surface area (Å²) >= 11 is 1.85. The molecule has 0 aliphatic rings. The molecule has 1 aromatic carbocycles. The van der Waals surface area contributed by atoms with Gasteiger partial charge in [0.25, 0.3) is 0 Å². The molecule has 3 heteroatoms. The van der Waals surface area contributed by atoms with Crippen molar-refractivity contribution in [3.8, 4) is 0 Å². The standard InChI is InChI=1S/C13H22N2S/c1-3-10(9-14)13(15)11-5-7-12(8-6-11)16-4-2/h5-8,10,13H,3-4,9,14-15H2,1-2H3. The molecule has 16 heavy (non-hydrogen) atoms. The minimum Gasteiger partial charge on any atom is -0.330 e. The van der Waals surface area contributed by atoms with Crippen LogP contribution in [0.1, 0.15) is 31.9 Å². The molecule has 1 rings (SSSR count). The zero-order valence-electron chi connectivity index (χ0n) is 10.1. The molecule has 4 N–H and O–H groups in total. The van der Waals surface area contributed by atoms with Gasteiger partial charge < -0.3 is 11.5 Å². The van der Waals surface area contributed by atoms with Gasteiger partial charge in [0.1, 0.15) is 0 Å². The van der Waals surface area contributed by atoms with E-state index in [0.29, 0.717) is 12.5 Å². The van der Waals surface area contributed by atoms with E-state index in [0.717, 1.165) is 12.2 Å². The minimum absolute atomic E-state index is 0.0654. The molecule has 0 bridgehead atoms. The van der Waals surface area contributed by atoms with Crippen LogP contribution in [0.5, 0.6) is 0 Å². The van der Waals surface area contributed by atoms with Crippen molar-refractivity contribution in [1.29, 1.82) is 0 Å². The van der Waals surface area contributed by atoms with Crippen LogP contribution in [0, 0.1) is 5.92 Å². The number of rotatable bonds is 6. The lowest BCUT2D eigenvalue weighted by Crippen LogP contribution is -2.27. The lowest BCUT2D eigenvalue weighted by Gasteiger charge is -2.21. The average Bonchev–Trinajstić information content (AvgIpc) is 2.32. The zero-order chi connectivity index (χ0) is 12.0. The summed E-state index contributed by atoms with van der Waals surface area (Å²) in [6.07, 6.45) is 1.03. The molecule has 0 aromatic heterocycles. The Hall–Kier alpha value is -0.510. The van der Waals surface area contributed by atoms with E-state index in [1.165, 1.54) is 10.5 Å². The topological polar surface area (TPSA) is 52.0 Å². The molecule has 1 aromatic rings. The Morgan fingerprint density at radius 1 is 1.19 bits per heavy atom. The van der Waals surface area contributed by atoms with E-state index in [9.17, 15) is 0 Å². The highest BCUT2D eigenvalue weighted by atomic mass is 32.2. The molecular formula is C13H22N2S. The van der Waals surface area contributed by atoms with Crippen LogP contribution in [-0.2, 0) is 0 Å². The highest BCUT2D eigenvalue weighted by Gasteiger charge is 2.15. The van der Waals surface area contributed by atoms with E-state index in [1.807, 2.05) is 11.8 Å². The smallest absolute Gasteiger partial charge is 0.0335 e. The second-order valence-electron chi connectivity index (χ2n) is 3.93. The third-order valence-corrected chi connectivity index (χ3v) is 3.81.